The molecular weight excluding hydrogens is 185 g/mol. The number of likely N-dealkylation sites (tertiary alicyclic amines) is 1. The van der Waals surface area contributed by atoms with Crippen LogP contribution in [-0.4, -0.2) is 34.3 Å². The van der Waals surface area contributed by atoms with Crippen LogP contribution in [0.2, 0.25) is 0 Å². The van der Waals surface area contributed by atoms with Gasteiger partial charge in [0.05, 0.1) is 6.54 Å². The highest BCUT2D eigenvalue weighted by atomic mass is 19.1. The van der Waals surface area contributed by atoms with Gasteiger partial charge in [-0.2, -0.15) is 4.98 Å². The van der Waals surface area contributed by atoms with E-state index in [1.807, 2.05) is 0 Å². The zero-order chi connectivity index (χ0) is 9.97. The molecule has 0 bridgehead atoms. The van der Waals surface area contributed by atoms with Crippen LogP contribution >= 0.6 is 0 Å². The third kappa shape index (κ3) is 2.29. The highest BCUT2D eigenvalue weighted by Gasteiger charge is 2.19. The van der Waals surface area contributed by atoms with Crippen molar-refractivity contribution in [2.24, 2.45) is 0 Å². The normalized spacial score (nSPS) is 20.1. The van der Waals surface area contributed by atoms with Crippen LogP contribution in [-0.2, 0) is 6.54 Å². The summed E-state index contributed by atoms with van der Waals surface area (Å²) >= 11 is 0. The maximum Gasteiger partial charge on any atom is 0.223 e. The third-order valence-electron chi connectivity index (χ3n) is 2.45. The smallest absolute Gasteiger partial charge is 0.223 e. The molecule has 0 amide bonds. The van der Waals surface area contributed by atoms with Crippen LogP contribution in [0.4, 0.5) is 4.39 Å². The fourth-order valence-electron chi connectivity index (χ4n) is 1.67. The zero-order valence-electron chi connectivity index (χ0n) is 8.24. The lowest BCUT2D eigenvalue weighted by atomic mass is 10.1. The van der Waals surface area contributed by atoms with Crippen molar-refractivity contribution in [2.45, 2.75) is 32.5 Å². The first kappa shape index (κ1) is 9.58. The number of hydrogen-bond donors (Lipinski definition) is 0. The van der Waals surface area contributed by atoms with E-state index in [1.165, 1.54) is 0 Å². The summed E-state index contributed by atoms with van der Waals surface area (Å²) in [4.78, 5) is 6.26. The van der Waals surface area contributed by atoms with Gasteiger partial charge in [-0.3, -0.25) is 4.90 Å². The maximum atomic E-state index is 12.8. The van der Waals surface area contributed by atoms with E-state index < -0.39 is 6.17 Å². The first-order chi connectivity index (χ1) is 6.74. The van der Waals surface area contributed by atoms with E-state index in [-0.39, 0.29) is 0 Å². The van der Waals surface area contributed by atoms with Crippen molar-refractivity contribution in [3.8, 4) is 0 Å². The van der Waals surface area contributed by atoms with Gasteiger partial charge in [-0.15, -0.1) is 0 Å². The Kier molecular flexibility index (Phi) is 2.77. The second-order valence-corrected chi connectivity index (χ2v) is 3.68. The molecule has 0 aromatic carbocycles. The lowest BCUT2D eigenvalue weighted by Crippen LogP contribution is -2.34. The second kappa shape index (κ2) is 4.04. The molecule has 1 aromatic heterocycles. The van der Waals surface area contributed by atoms with Crippen LogP contribution in [0.15, 0.2) is 4.52 Å². The van der Waals surface area contributed by atoms with E-state index in [0.29, 0.717) is 31.1 Å². The van der Waals surface area contributed by atoms with Crippen LogP contribution in [0.25, 0.3) is 0 Å². The molecule has 0 atom stereocenters. The molecule has 0 spiro atoms. The van der Waals surface area contributed by atoms with Gasteiger partial charge in [0.25, 0.3) is 0 Å². The fraction of sp³-hybridized carbons (Fsp3) is 0.778. The number of hydrogen-bond acceptors (Lipinski definition) is 4. The summed E-state index contributed by atoms with van der Waals surface area (Å²) in [7, 11) is 0. The Morgan fingerprint density at radius 3 is 2.79 bits per heavy atom. The molecule has 1 aliphatic rings. The molecule has 5 heteroatoms. The molecule has 4 nitrogen and oxygen atoms in total. The molecule has 14 heavy (non-hydrogen) atoms. The lowest BCUT2D eigenvalue weighted by molar-refractivity contribution is 0.142. The average Bonchev–Trinajstić information content (AvgIpc) is 2.56. The van der Waals surface area contributed by atoms with E-state index in [2.05, 4.69) is 15.0 Å². The van der Waals surface area contributed by atoms with Crippen molar-refractivity contribution >= 4 is 0 Å². The van der Waals surface area contributed by atoms with Gasteiger partial charge in [-0.25, -0.2) is 4.39 Å². The molecular formula is C9H14FN3O. The van der Waals surface area contributed by atoms with Crippen molar-refractivity contribution in [3.63, 3.8) is 0 Å². The first-order valence-electron chi connectivity index (χ1n) is 4.89. The largest absolute Gasteiger partial charge is 0.340 e. The molecule has 0 radical (unpaired) electrons. The maximum absolute atomic E-state index is 12.8. The van der Waals surface area contributed by atoms with Crippen LogP contribution in [0.5, 0.6) is 0 Å². The van der Waals surface area contributed by atoms with Crippen molar-refractivity contribution in [2.75, 3.05) is 13.1 Å². The van der Waals surface area contributed by atoms with E-state index in [1.54, 1.807) is 6.92 Å². The molecule has 1 aliphatic heterocycles. The van der Waals surface area contributed by atoms with Gasteiger partial charge in [0.1, 0.15) is 6.17 Å². The van der Waals surface area contributed by atoms with Crippen molar-refractivity contribution in [1.82, 2.24) is 15.0 Å². The Hall–Kier alpha value is -0.970. The van der Waals surface area contributed by atoms with E-state index >= 15 is 0 Å². The molecule has 1 fully saturated rings. The van der Waals surface area contributed by atoms with Gasteiger partial charge in [0.2, 0.25) is 5.89 Å². The summed E-state index contributed by atoms with van der Waals surface area (Å²) in [5.74, 6) is 1.28. The summed E-state index contributed by atoms with van der Waals surface area (Å²) in [6.07, 6.45) is 0.617. The average molecular weight is 199 g/mol. The topological polar surface area (TPSA) is 42.2 Å². The Morgan fingerprint density at radius 1 is 1.50 bits per heavy atom. The van der Waals surface area contributed by atoms with Gasteiger partial charge < -0.3 is 4.52 Å². The molecule has 0 N–H and O–H groups in total. The second-order valence-electron chi connectivity index (χ2n) is 3.68. The zero-order valence-corrected chi connectivity index (χ0v) is 8.24. The number of nitrogens with zero attached hydrogens (tertiary/aromatic N) is 3. The van der Waals surface area contributed by atoms with Gasteiger partial charge >= 0.3 is 0 Å². The molecule has 0 unspecified atom stereocenters. The molecule has 0 saturated carbocycles. The fourth-order valence-corrected chi connectivity index (χ4v) is 1.67. The Balaban J connectivity index is 1.86. The molecule has 78 valence electrons. The SMILES string of the molecule is Cc1nc(CN2CCC(F)CC2)no1. The predicted molar refractivity (Wildman–Crippen MR) is 48.4 cm³/mol. The summed E-state index contributed by atoms with van der Waals surface area (Å²) < 4.78 is 17.7. The van der Waals surface area contributed by atoms with Crippen LogP contribution in [0, 0.1) is 6.92 Å². The summed E-state index contributed by atoms with van der Waals surface area (Å²) in [6.45, 7) is 4.01. The number of alkyl halides is 1. The number of halogens is 1. The number of rotatable bonds is 2. The number of piperidine rings is 1. The molecule has 1 aromatic rings. The Labute approximate surface area is 82.1 Å². The Bertz CT molecular complexity index is 294. The van der Waals surface area contributed by atoms with Gasteiger partial charge in [0.15, 0.2) is 5.82 Å². The highest BCUT2D eigenvalue weighted by molar-refractivity contribution is 4.85. The van der Waals surface area contributed by atoms with Crippen LogP contribution < -0.4 is 0 Å². The molecule has 1 saturated heterocycles. The Morgan fingerprint density at radius 2 is 2.21 bits per heavy atom. The van der Waals surface area contributed by atoms with Crippen molar-refractivity contribution < 1.29 is 8.91 Å². The van der Waals surface area contributed by atoms with Crippen LogP contribution in [0.1, 0.15) is 24.6 Å². The van der Waals surface area contributed by atoms with Gasteiger partial charge in [-0.1, -0.05) is 5.16 Å². The minimum atomic E-state index is -0.627. The summed E-state index contributed by atoms with van der Waals surface area (Å²) in [6, 6.07) is 0. The lowest BCUT2D eigenvalue weighted by Gasteiger charge is -2.27. The van der Waals surface area contributed by atoms with Crippen molar-refractivity contribution in [3.05, 3.63) is 11.7 Å². The summed E-state index contributed by atoms with van der Waals surface area (Å²) in [5.41, 5.74) is 0. The minimum Gasteiger partial charge on any atom is -0.340 e. The molecule has 2 rings (SSSR count). The highest BCUT2D eigenvalue weighted by Crippen LogP contribution is 2.14. The minimum absolute atomic E-state index is 0.584. The standard InChI is InChI=1S/C9H14FN3O/c1-7-11-9(12-14-7)6-13-4-2-8(10)3-5-13/h8H,2-6H2,1H3. The van der Waals surface area contributed by atoms with E-state index in [0.717, 1.165) is 13.1 Å². The van der Waals surface area contributed by atoms with E-state index in [4.69, 9.17) is 4.52 Å². The van der Waals surface area contributed by atoms with Gasteiger partial charge in [0, 0.05) is 20.0 Å². The number of aryl methyl sites for hydroxylation is 1. The number of aromatic nitrogens is 2. The van der Waals surface area contributed by atoms with Crippen molar-refractivity contribution in [1.29, 1.82) is 0 Å². The van der Waals surface area contributed by atoms with Crippen LogP contribution in [0.3, 0.4) is 0 Å². The summed E-state index contributed by atoms with van der Waals surface area (Å²) in [5, 5.41) is 3.81. The van der Waals surface area contributed by atoms with Gasteiger partial charge in [-0.05, 0) is 12.8 Å². The van der Waals surface area contributed by atoms with E-state index in [9.17, 15) is 4.39 Å². The third-order valence-corrected chi connectivity index (χ3v) is 2.45. The monoisotopic (exact) mass is 199 g/mol. The quantitative estimate of drug-likeness (QED) is 0.720. The molecule has 2 heterocycles. The predicted octanol–water partition coefficient (Wildman–Crippen LogP) is 1.31. The first-order valence-corrected chi connectivity index (χ1v) is 4.89. The molecule has 0 aliphatic carbocycles.